The minimum Gasteiger partial charge on any atom is -0.489 e. The zero-order valence-corrected chi connectivity index (χ0v) is 11.6. The van der Waals surface area contributed by atoms with Crippen molar-refractivity contribution in [2.24, 2.45) is 0 Å². The summed E-state index contributed by atoms with van der Waals surface area (Å²) in [5.41, 5.74) is 1.81. The van der Waals surface area contributed by atoms with Gasteiger partial charge in [-0.1, -0.05) is 11.6 Å². The second kappa shape index (κ2) is 6.38. The number of benzene rings is 1. The summed E-state index contributed by atoms with van der Waals surface area (Å²) in [5.74, 6) is 0.569. The molecule has 0 radical (unpaired) electrons. The van der Waals surface area contributed by atoms with E-state index >= 15 is 0 Å². The smallest absolute Gasteiger partial charge is 0.140 e. The highest BCUT2D eigenvalue weighted by Crippen LogP contribution is 2.28. The van der Waals surface area contributed by atoms with Gasteiger partial charge in [0.05, 0.1) is 6.10 Å². The van der Waals surface area contributed by atoms with Gasteiger partial charge in [0.2, 0.25) is 0 Å². The largest absolute Gasteiger partial charge is 0.489 e. The van der Waals surface area contributed by atoms with E-state index in [9.17, 15) is 5.11 Å². The summed E-state index contributed by atoms with van der Waals surface area (Å²) >= 11 is 5.91. The van der Waals surface area contributed by atoms with E-state index in [1.165, 1.54) is 0 Å². The van der Waals surface area contributed by atoms with Crippen LogP contribution in [0, 0.1) is 11.3 Å². The zero-order valence-electron chi connectivity index (χ0n) is 10.9. The summed E-state index contributed by atoms with van der Waals surface area (Å²) in [6.45, 7) is 1.94. The Morgan fingerprint density at radius 1 is 1.40 bits per heavy atom. The van der Waals surface area contributed by atoms with Crippen LogP contribution >= 0.6 is 11.6 Å². The molecule has 1 aromatic carbocycles. The van der Waals surface area contributed by atoms with Gasteiger partial charge in [0.25, 0.3) is 0 Å². The molecule has 0 spiro atoms. The molecule has 1 heterocycles. The second-order valence-electron chi connectivity index (χ2n) is 4.31. The van der Waals surface area contributed by atoms with Crippen molar-refractivity contribution in [2.75, 3.05) is 0 Å². The fourth-order valence-electron chi connectivity index (χ4n) is 1.76. The van der Waals surface area contributed by atoms with E-state index in [2.05, 4.69) is 4.98 Å². The Hall–Kier alpha value is -2.09. The maximum atomic E-state index is 9.72. The lowest BCUT2D eigenvalue weighted by atomic mass is 10.1. The number of nitrogens with zero attached hydrogens (tertiary/aromatic N) is 2. The van der Waals surface area contributed by atoms with Gasteiger partial charge in [-0.25, -0.2) is 4.98 Å². The fourth-order valence-corrected chi connectivity index (χ4v) is 1.94. The van der Waals surface area contributed by atoms with Crippen LogP contribution in [-0.4, -0.2) is 10.1 Å². The van der Waals surface area contributed by atoms with E-state index < -0.39 is 6.10 Å². The van der Waals surface area contributed by atoms with Crippen LogP contribution in [0.4, 0.5) is 0 Å². The van der Waals surface area contributed by atoms with Crippen LogP contribution in [0.3, 0.4) is 0 Å². The monoisotopic (exact) mass is 288 g/mol. The molecule has 0 aliphatic rings. The molecule has 0 amide bonds. The van der Waals surface area contributed by atoms with Crippen LogP contribution in [0.25, 0.3) is 0 Å². The Kier molecular flexibility index (Phi) is 4.57. The van der Waals surface area contributed by atoms with Gasteiger partial charge in [0.15, 0.2) is 0 Å². The quantitative estimate of drug-likeness (QED) is 0.938. The SMILES string of the molecule is CC(O)c1cc(Cl)ccc1OCc1ccnc(C#N)c1. The molecule has 0 saturated carbocycles. The molecular weight excluding hydrogens is 276 g/mol. The van der Waals surface area contributed by atoms with E-state index in [1.54, 1.807) is 43.5 Å². The van der Waals surface area contributed by atoms with Gasteiger partial charge in [-0.2, -0.15) is 5.26 Å². The molecule has 0 aliphatic carbocycles. The third-order valence-electron chi connectivity index (χ3n) is 2.76. The van der Waals surface area contributed by atoms with Gasteiger partial charge >= 0.3 is 0 Å². The Bertz CT molecular complexity index is 651. The van der Waals surface area contributed by atoms with Gasteiger partial charge in [0, 0.05) is 16.8 Å². The predicted molar refractivity (Wildman–Crippen MR) is 75.4 cm³/mol. The van der Waals surface area contributed by atoms with Crippen molar-refractivity contribution in [1.29, 1.82) is 5.26 Å². The molecular formula is C15H13ClN2O2. The molecule has 0 saturated heterocycles. The molecule has 2 rings (SSSR count). The lowest BCUT2D eigenvalue weighted by molar-refractivity contribution is 0.190. The summed E-state index contributed by atoms with van der Waals surface area (Å²) < 4.78 is 5.68. The van der Waals surface area contributed by atoms with Gasteiger partial charge in [-0.15, -0.1) is 0 Å². The number of aliphatic hydroxyl groups is 1. The van der Waals surface area contributed by atoms with Crippen molar-refractivity contribution in [2.45, 2.75) is 19.6 Å². The van der Waals surface area contributed by atoms with E-state index in [0.717, 1.165) is 5.56 Å². The lowest BCUT2D eigenvalue weighted by Gasteiger charge is -2.14. The van der Waals surface area contributed by atoms with Crippen LogP contribution in [0.5, 0.6) is 5.75 Å². The molecule has 2 aromatic rings. The van der Waals surface area contributed by atoms with Crippen molar-refractivity contribution in [3.8, 4) is 11.8 Å². The zero-order chi connectivity index (χ0) is 14.5. The number of hydrogen-bond acceptors (Lipinski definition) is 4. The van der Waals surface area contributed by atoms with Crippen LogP contribution < -0.4 is 4.74 Å². The average molecular weight is 289 g/mol. The van der Waals surface area contributed by atoms with Crippen molar-refractivity contribution < 1.29 is 9.84 Å². The summed E-state index contributed by atoms with van der Waals surface area (Å²) in [7, 11) is 0. The summed E-state index contributed by atoms with van der Waals surface area (Å²) in [6, 6.07) is 10.5. The Morgan fingerprint density at radius 3 is 2.90 bits per heavy atom. The average Bonchev–Trinajstić information content (AvgIpc) is 2.46. The minimum atomic E-state index is -0.671. The Morgan fingerprint density at radius 2 is 2.20 bits per heavy atom. The van der Waals surface area contributed by atoms with Crippen molar-refractivity contribution in [3.63, 3.8) is 0 Å². The number of aliphatic hydroxyl groups excluding tert-OH is 1. The third kappa shape index (κ3) is 3.47. The number of aromatic nitrogens is 1. The Balaban J connectivity index is 2.16. The molecule has 1 N–H and O–H groups in total. The maximum absolute atomic E-state index is 9.72. The van der Waals surface area contributed by atoms with E-state index in [0.29, 0.717) is 28.6 Å². The number of ether oxygens (including phenoxy) is 1. The standard InChI is InChI=1S/C15H13ClN2O2/c1-10(19)14-7-12(16)2-3-15(14)20-9-11-4-5-18-13(6-11)8-17/h2-7,10,19H,9H2,1H3. The van der Waals surface area contributed by atoms with Crippen LogP contribution in [0.2, 0.25) is 5.02 Å². The van der Waals surface area contributed by atoms with Crippen LogP contribution in [0.15, 0.2) is 36.5 Å². The van der Waals surface area contributed by atoms with Crippen molar-refractivity contribution in [3.05, 3.63) is 58.4 Å². The fraction of sp³-hybridized carbons (Fsp3) is 0.200. The molecule has 5 heteroatoms. The summed E-state index contributed by atoms with van der Waals surface area (Å²) in [5, 5.41) is 19.1. The summed E-state index contributed by atoms with van der Waals surface area (Å²) in [6.07, 6.45) is 0.894. The van der Waals surface area contributed by atoms with Crippen LogP contribution in [-0.2, 0) is 6.61 Å². The molecule has 0 bridgehead atoms. The first-order chi connectivity index (χ1) is 9.60. The van der Waals surface area contributed by atoms with Crippen molar-refractivity contribution >= 4 is 11.6 Å². The highest BCUT2D eigenvalue weighted by Gasteiger charge is 2.10. The van der Waals surface area contributed by atoms with E-state index in [4.69, 9.17) is 21.6 Å². The first kappa shape index (κ1) is 14.3. The summed E-state index contributed by atoms with van der Waals surface area (Å²) in [4.78, 5) is 3.90. The van der Waals surface area contributed by atoms with Gasteiger partial charge < -0.3 is 9.84 Å². The molecule has 20 heavy (non-hydrogen) atoms. The normalized spacial score (nSPS) is 11.7. The van der Waals surface area contributed by atoms with Gasteiger partial charge in [0.1, 0.15) is 24.1 Å². The number of pyridine rings is 1. The highest BCUT2D eigenvalue weighted by molar-refractivity contribution is 6.30. The van der Waals surface area contributed by atoms with Crippen molar-refractivity contribution in [1.82, 2.24) is 4.98 Å². The molecule has 1 aromatic heterocycles. The lowest BCUT2D eigenvalue weighted by Crippen LogP contribution is -2.01. The van der Waals surface area contributed by atoms with E-state index in [1.807, 2.05) is 6.07 Å². The molecule has 1 unspecified atom stereocenters. The van der Waals surface area contributed by atoms with Gasteiger partial charge in [-0.05, 0) is 42.8 Å². The number of nitriles is 1. The minimum absolute atomic E-state index is 0.290. The molecule has 1 atom stereocenters. The first-order valence-corrected chi connectivity index (χ1v) is 6.43. The second-order valence-corrected chi connectivity index (χ2v) is 4.74. The Labute approximate surface area is 122 Å². The predicted octanol–water partition coefficient (Wildman–Crippen LogP) is 3.24. The highest BCUT2D eigenvalue weighted by atomic mass is 35.5. The molecule has 4 nitrogen and oxygen atoms in total. The van der Waals surface area contributed by atoms with Crippen LogP contribution in [0.1, 0.15) is 29.8 Å². The molecule has 102 valence electrons. The molecule has 0 aliphatic heterocycles. The number of rotatable bonds is 4. The molecule has 0 fully saturated rings. The number of halogens is 1. The topological polar surface area (TPSA) is 66.1 Å². The van der Waals surface area contributed by atoms with E-state index in [-0.39, 0.29) is 0 Å². The maximum Gasteiger partial charge on any atom is 0.140 e. The first-order valence-electron chi connectivity index (χ1n) is 6.05. The third-order valence-corrected chi connectivity index (χ3v) is 2.99. The van der Waals surface area contributed by atoms with Gasteiger partial charge in [-0.3, -0.25) is 0 Å². The number of hydrogen-bond donors (Lipinski definition) is 1.